The largest absolute Gasteiger partial charge is 0.484 e. The first-order valence-electron chi connectivity index (χ1n) is 12.8. The van der Waals surface area contributed by atoms with Crippen LogP contribution in [0.15, 0.2) is 53.4 Å². The van der Waals surface area contributed by atoms with Crippen LogP contribution in [0, 0.1) is 0 Å². The minimum Gasteiger partial charge on any atom is -0.484 e. The first kappa shape index (κ1) is 29.9. The SMILES string of the molecule is CCCCCNC(=O)C(C)N(Cc1ccc(Cl)cc1)C(=O)COc1ccc(S(=O)(=O)N2CCOCC2)cc1. The third-order valence-corrected chi connectivity index (χ3v) is 8.47. The summed E-state index contributed by atoms with van der Waals surface area (Å²) >= 11 is 6.00. The van der Waals surface area contributed by atoms with Gasteiger partial charge in [-0.25, -0.2) is 8.42 Å². The van der Waals surface area contributed by atoms with Gasteiger partial charge in [-0.3, -0.25) is 9.59 Å². The standard InChI is InChI=1S/C27H36ClN3O6S/c1-3-4-5-14-29-27(33)21(2)31(19-22-6-8-23(28)9-7-22)26(32)20-37-24-10-12-25(13-11-24)38(34,35)30-15-17-36-18-16-30/h6-13,21H,3-5,14-20H2,1-2H3,(H,29,33). The van der Waals surface area contributed by atoms with Crippen LogP contribution in [-0.4, -0.2) is 74.9 Å². The number of morpholine rings is 1. The van der Waals surface area contributed by atoms with E-state index in [1.165, 1.54) is 33.5 Å². The molecule has 1 unspecified atom stereocenters. The molecule has 1 saturated heterocycles. The number of sulfonamides is 1. The highest BCUT2D eigenvalue weighted by Crippen LogP contribution is 2.21. The highest BCUT2D eigenvalue weighted by molar-refractivity contribution is 7.89. The molecular formula is C27H36ClN3O6S. The van der Waals surface area contributed by atoms with E-state index in [-0.39, 0.29) is 29.9 Å². The molecule has 0 saturated carbocycles. The van der Waals surface area contributed by atoms with Crippen LogP contribution in [0.2, 0.25) is 5.02 Å². The lowest BCUT2D eigenvalue weighted by Crippen LogP contribution is -2.49. The van der Waals surface area contributed by atoms with E-state index in [4.69, 9.17) is 21.1 Å². The zero-order valence-electron chi connectivity index (χ0n) is 21.9. The number of benzene rings is 2. The first-order chi connectivity index (χ1) is 18.2. The topological polar surface area (TPSA) is 105 Å². The summed E-state index contributed by atoms with van der Waals surface area (Å²) in [6.07, 6.45) is 2.94. The van der Waals surface area contributed by atoms with Gasteiger partial charge >= 0.3 is 0 Å². The van der Waals surface area contributed by atoms with Gasteiger partial charge in [-0.2, -0.15) is 4.31 Å². The summed E-state index contributed by atoms with van der Waals surface area (Å²) < 4.78 is 38.0. The molecule has 0 aromatic heterocycles. The molecule has 38 heavy (non-hydrogen) atoms. The fourth-order valence-electron chi connectivity index (χ4n) is 3.98. The number of unbranched alkanes of at least 4 members (excludes halogenated alkanes) is 2. The molecule has 0 radical (unpaired) electrons. The smallest absolute Gasteiger partial charge is 0.261 e. The Morgan fingerprint density at radius 2 is 1.74 bits per heavy atom. The van der Waals surface area contributed by atoms with Crippen LogP contribution in [0.25, 0.3) is 0 Å². The molecule has 2 aromatic carbocycles. The molecule has 11 heteroatoms. The second-order valence-electron chi connectivity index (χ2n) is 9.10. The van der Waals surface area contributed by atoms with Crippen LogP contribution < -0.4 is 10.1 Å². The number of hydrogen-bond donors (Lipinski definition) is 1. The van der Waals surface area contributed by atoms with E-state index in [1.807, 2.05) is 12.1 Å². The first-order valence-corrected chi connectivity index (χ1v) is 14.7. The summed E-state index contributed by atoms with van der Waals surface area (Å²) in [5.74, 6) is -0.260. The maximum Gasteiger partial charge on any atom is 0.261 e. The quantitative estimate of drug-likeness (QED) is 0.373. The van der Waals surface area contributed by atoms with E-state index in [2.05, 4.69) is 12.2 Å². The van der Waals surface area contributed by atoms with E-state index in [1.54, 1.807) is 19.1 Å². The molecule has 0 spiro atoms. The van der Waals surface area contributed by atoms with Gasteiger partial charge in [-0.05, 0) is 55.3 Å². The predicted octanol–water partition coefficient (Wildman–Crippen LogP) is 3.46. The lowest BCUT2D eigenvalue weighted by atomic mass is 10.1. The lowest BCUT2D eigenvalue weighted by Gasteiger charge is -2.29. The van der Waals surface area contributed by atoms with Crippen molar-refractivity contribution in [3.8, 4) is 5.75 Å². The summed E-state index contributed by atoms with van der Waals surface area (Å²) in [7, 11) is -3.62. The Balaban J connectivity index is 1.65. The van der Waals surface area contributed by atoms with Gasteiger partial charge in [0.15, 0.2) is 6.61 Å². The lowest BCUT2D eigenvalue weighted by molar-refractivity contribution is -0.142. The number of carbonyl (C=O) groups is 2. The molecular weight excluding hydrogens is 530 g/mol. The number of carbonyl (C=O) groups excluding carboxylic acids is 2. The van der Waals surface area contributed by atoms with Crippen molar-refractivity contribution >= 4 is 33.4 Å². The summed E-state index contributed by atoms with van der Waals surface area (Å²) in [4.78, 5) is 27.6. The average Bonchev–Trinajstić information content (AvgIpc) is 2.94. The zero-order chi connectivity index (χ0) is 27.5. The Hall–Kier alpha value is -2.66. The molecule has 2 aromatic rings. The highest BCUT2D eigenvalue weighted by Gasteiger charge is 2.28. The van der Waals surface area contributed by atoms with Gasteiger partial charge in [0, 0.05) is 31.2 Å². The normalized spacial score (nSPS) is 15.0. The predicted molar refractivity (Wildman–Crippen MR) is 146 cm³/mol. The summed E-state index contributed by atoms with van der Waals surface area (Å²) in [5.41, 5.74) is 0.825. The molecule has 1 atom stereocenters. The summed E-state index contributed by atoms with van der Waals surface area (Å²) in [6, 6.07) is 12.3. The minimum atomic E-state index is -3.62. The Labute approximate surface area is 230 Å². The van der Waals surface area contributed by atoms with Crippen molar-refractivity contribution in [1.29, 1.82) is 0 Å². The number of amides is 2. The van der Waals surface area contributed by atoms with Crippen LogP contribution in [0.5, 0.6) is 5.75 Å². The fraction of sp³-hybridized carbons (Fsp3) is 0.481. The number of hydrogen-bond acceptors (Lipinski definition) is 6. The maximum atomic E-state index is 13.2. The third-order valence-electron chi connectivity index (χ3n) is 6.31. The molecule has 0 bridgehead atoms. The second kappa shape index (κ2) is 14.5. The van der Waals surface area contributed by atoms with Crippen molar-refractivity contribution in [2.45, 2.75) is 50.6 Å². The van der Waals surface area contributed by atoms with Crippen molar-refractivity contribution in [3.63, 3.8) is 0 Å². The van der Waals surface area contributed by atoms with E-state index >= 15 is 0 Å². The monoisotopic (exact) mass is 565 g/mol. The molecule has 9 nitrogen and oxygen atoms in total. The van der Waals surface area contributed by atoms with E-state index in [0.29, 0.717) is 43.6 Å². The Morgan fingerprint density at radius 3 is 2.37 bits per heavy atom. The van der Waals surface area contributed by atoms with Gasteiger partial charge in [-0.15, -0.1) is 0 Å². The molecule has 1 fully saturated rings. The van der Waals surface area contributed by atoms with Crippen LogP contribution in [0.4, 0.5) is 0 Å². The van der Waals surface area contributed by atoms with Gasteiger partial charge in [0.25, 0.3) is 5.91 Å². The number of ether oxygens (including phenoxy) is 2. The van der Waals surface area contributed by atoms with Crippen molar-refractivity contribution in [2.75, 3.05) is 39.5 Å². The van der Waals surface area contributed by atoms with Gasteiger partial charge in [0.2, 0.25) is 15.9 Å². The van der Waals surface area contributed by atoms with E-state index < -0.39 is 16.1 Å². The highest BCUT2D eigenvalue weighted by atomic mass is 35.5. The molecule has 208 valence electrons. The van der Waals surface area contributed by atoms with Gasteiger partial charge in [0.05, 0.1) is 18.1 Å². The average molecular weight is 566 g/mol. The minimum absolute atomic E-state index is 0.149. The Morgan fingerprint density at radius 1 is 1.08 bits per heavy atom. The molecule has 1 aliphatic heterocycles. The zero-order valence-corrected chi connectivity index (χ0v) is 23.5. The van der Waals surface area contributed by atoms with Crippen molar-refractivity contribution in [1.82, 2.24) is 14.5 Å². The second-order valence-corrected chi connectivity index (χ2v) is 11.5. The number of rotatable bonds is 13. The number of halogens is 1. The molecule has 1 heterocycles. The fourth-order valence-corrected chi connectivity index (χ4v) is 5.51. The van der Waals surface area contributed by atoms with Crippen molar-refractivity contribution in [3.05, 3.63) is 59.1 Å². The molecule has 1 N–H and O–H groups in total. The van der Waals surface area contributed by atoms with Crippen LogP contribution in [-0.2, 0) is 30.9 Å². The maximum absolute atomic E-state index is 13.2. The number of nitrogens with zero attached hydrogens (tertiary/aromatic N) is 2. The molecule has 3 rings (SSSR count). The van der Waals surface area contributed by atoms with Gasteiger partial charge < -0.3 is 19.7 Å². The Kier molecular flexibility index (Phi) is 11.4. The molecule has 1 aliphatic rings. The number of nitrogens with one attached hydrogen (secondary N) is 1. The van der Waals surface area contributed by atoms with Crippen LogP contribution >= 0.6 is 11.6 Å². The molecule has 0 aliphatic carbocycles. The molecule has 2 amide bonds. The summed E-state index contributed by atoms with van der Waals surface area (Å²) in [5, 5.41) is 3.48. The van der Waals surface area contributed by atoms with Crippen molar-refractivity contribution in [2.24, 2.45) is 0 Å². The Bertz CT molecular complexity index is 1150. The van der Waals surface area contributed by atoms with Crippen LogP contribution in [0.3, 0.4) is 0 Å². The van der Waals surface area contributed by atoms with Gasteiger partial charge in [0.1, 0.15) is 11.8 Å². The van der Waals surface area contributed by atoms with Gasteiger partial charge in [-0.1, -0.05) is 43.5 Å². The summed E-state index contributed by atoms with van der Waals surface area (Å²) in [6.45, 7) is 5.58. The van der Waals surface area contributed by atoms with E-state index in [9.17, 15) is 18.0 Å². The van der Waals surface area contributed by atoms with Crippen molar-refractivity contribution < 1.29 is 27.5 Å². The third kappa shape index (κ3) is 8.42. The van der Waals surface area contributed by atoms with Crippen LogP contribution in [0.1, 0.15) is 38.7 Å². The van der Waals surface area contributed by atoms with E-state index in [0.717, 1.165) is 24.8 Å².